The molecule has 8 heteroatoms. The Morgan fingerprint density at radius 3 is 3.05 bits per heavy atom. The fourth-order valence-corrected chi connectivity index (χ4v) is 1.59. The average molecular weight is 262 g/mol. The molecule has 0 aromatic carbocycles. The molecule has 2 aromatic heterocycles. The minimum absolute atomic E-state index is 0.0556. The van der Waals surface area contributed by atoms with Gasteiger partial charge in [-0.3, -0.25) is 9.78 Å². The predicted octanol–water partition coefficient (Wildman–Crippen LogP) is -0.428. The van der Waals surface area contributed by atoms with Gasteiger partial charge in [0.05, 0.1) is 18.3 Å². The van der Waals surface area contributed by atoms with E-state index in [-0.39, 0.29) is 18.5 Å². The third-order valence-corrected chi connectivity index (χ3v) is 2.41. The molecule has 2 heterocycles. The summed E-state index contributed by atoms with van der Waals surface area (Å²) in [5.41, 5.74) is 0.745. The fourth-order valence-electron chi connectivity index (χ4n) is 1.59. The first kappa shape index (κ1) is 13.1. The lowest BCUT2D eigenvalue weighted by Crippen LogP contribution is -2.34. The van der Waals surface area contributed by atoms with Crippen LogP contribution in [-0.4, -0.2) is 44.8 Å². The van der Waals surface area contributed by atoms with E-state index in [0.29, 0.717) is 6.61 Å². The zero-order valence-electron chi connectivity index (χ0n) is 10.4. The molecule has 0 radical (unpaired) electrons. The van der Waals surface area contributed by atoms with Crippen LogP contribution >= 0.6 is 0 Å². The lowest BCUT2D eigenvalue weighted by molar-refractivity contribution is -0.123. The van der Waals surface area contributed by atoms with E-state index in [2.05, 4.69) is 25.8 Å². The minimum Gasteiger partial charge on any atom is -0.382 e. The van der Waals surface area contributed by atoms with Gasteiger partial charge in [0.1, 0.15) is 12.9 Å². The summed E-state index contributed by atoms with van der Waals surface area (Å²) in [5, 5.41) is 13.4. The van der Waals surface area contributed by atoms with Gasteiger partial charge in [-0.1, -0.05) is 6.07 Å². The summed E-state index contributed by atoms with van der Waals surface area (Å²) in [6, 6.07) is 5.21. The highest BCUT2D eigenvalue weighted by Crippen LogP contribution is 2.09. The van der Waals surface area contributed by atoms with Gasteiger partial charge < -0.3 is 10.1 Å². The van der Waals surface area contributed by atoms with E-state index in [1.54, 1.807) is 13.3 Å². The predicted molar refractivity (Wildman–Crippen MR) is 64.8 cm³/mol. The smallest absolute Gasteiger partial charge is 0.242 e. The van der Waals surface area contributed by atoms with E-state index in [1.807, 2.05) is 18.2 Å². The SMILES string of the molecule is COC[C@H](NC(=O)Cn1cnnn1)c1ccccn1. The van der Waals surface area contributed by atoms with Crippen LogP contribution in [0.15, 0.2) is 30.7 Å². The second-order valence-corrected chi connectivity index (χ2v) is 3.84. The van der Waals surface area contributed by atoms with Gasteiger partial charge in [-0.05, 0) is 22.6 Å². The minimum atomic E-state index is -0.296. The molecular weight excluding hydrogens is 248 g/mol. The number of carbonyl (C=O) groups is 1. The van der Waals surface area contributed by atoms with Crippen LogP contribution in [0.25, 0.3) is 0 Å². The first-order valence-electron chi connectivity index (χ1n) is 5.69. The molecule has 0 unspecified atom stereocenters. The van der Waals surface area contributed by atoms with Crippen molar-refractivity contribution in [1.82, 2.24) is 30.5 Å². The number of tetrazole rings is 1. The van der Waals surface area contributed by atoms with Crippen LogP contribution in [0.5, 0.6) is 0 Å². The third-order valence-electron chi connectivity index (χ3n) is 2.41. The van der Waals surface area contributed by atoms with Gasteiger partial charge in [0, 0.05) is 13.3 Å². The molecular formula is C11H14N6O2. The number of pyridine rings is 1. The number of nitrogens with one attached hydrogen (secondary N) is 1. The Kier molecular flexibility index (Phi) is 4.51. The maximum atomic E-state index is 11.9. The number of aromatic nitrogens is 5. The highest BCUT2D eigenvalue weighted by Gasteiger charge is 2.15. The van der Waals surface area contributed by atoms with Crippen LogP contribution < -0.4 is 5.32 Å². The Balaban J connectivity index is 1.98. The van der Waals surface area contributed by atoms with Gasteiger partial charge >= 0.3 is 0 Å². The first-order valence-corrected chi connectivity index (χ1v) is 5.69. The van der Waals surface area contributed by atoms with Gasteiger partial charge in [-0.2, -0.15) is 0 Å². The summed E-state index contributed by atoms with van der Waals surface area (Å²) in [6.07, 6.45) is 3.05. The molecule has 100 valence electrons. The van der Waals surface area contributed by atoms with Gasteiger partial charge in [0.25, 0.3) is 0 Å². The van der Waals surface area contributed by atoms with Gasteiger partial charge in [0.15, 0.2) is 0 Å². The molecule has 0 bridgehead atoms. The standard InChI is InChI=1S/C11H14N6O2/c1-19-7-10(9-4-2-3-5-12-9)14-11(18)6-17-8-13-15-16-17/h2-5,8,10H,6-7H2,1H3,(H,14,18)/t10-/m0/s1. The zero-order valence-corrected chi connectivity index (χ0v) is 10.4. The van der Waals surface area contributed by atoms with Crippen LogP contribution in [0.1, 0.15) is 11.7 Å². The van der Waals surface area contributed by atoms with Crippen molar-refractivity contribution in [2.24, 2.45) is 0 Å². The largest absolute Gasteiger partial charge is 0.382 e. The number of rotatable bonds is 6. The maximum Gasteiger partial charge on any atom is 0.242 e. The summed E-state index contributed by atoms with van der Waals surface area (Å²) in [4.78, 5) is 16.1. The van der Waals surface area contributed by atoms with E-state index in [1.165, 1.54) is 11.0 Å². The summed E-state index contributed by atoms with van der Waals surface area (Å²) in [5.74, 6) is -0.208. The second-order valence-electron chi connectivity index (χ2n) is 3.84. The van der Waals surface area contributed by atoms with Crippen molar-refractivity contribution in [2.75, 3.05) is 13.7 Å². The highest BCUT2D eigenvalue weighted by molar-refractivity contribution is 5.76. The molecule has 0 aliphatic heterocycles. The Bertz CT molecular complexity index is 501. The number of hydrogen-bond donors (Lipinski definition) is 1. The van der Waals surface area contributed by atoms with Gasteiger partial charge in [0.2, 0.25) is 5.91 Å². The van der Waals surface area contributed by atoms with Crippen LogP contribution in [0.3, 0.4) is 0 Å². The monoisotopic (exact) mass is 262 g/mol. The molecule has 0 fully saturated rings. The van der Waals surface area contributed by atoms with Crippen molar-refractivity contribution >= 4 is 5.91 Å². The van der Waals surface area contributed by atoms with Crippen molar-refractivity contribution < 1.29 is 9.53 Å². The molecule has 19 heavy (non-hydrogen) atoms. The lowest BCUT2D eigenvalue weighted by Gasteiger charge is -2.17. The molecule has 0 saturated heterocycles. The summed E-state index contributed by atoms with van der Waals surface area (Å²) in [6.45, 7) is 0.401. The van der Waals surface area contributed by atoms with E-state index in [9.17, 15) is 4.79 Å². The van der Waals surface area contributed by atoms with Crippen molar-refractivity contribution in [3.05, 3.63) is 36.4 Å². The first-order chi connectivity index (χ1) is 9.29. The maximum absolute atomic E-state index is 11.9. The highest BCUT2D eigenvalue weighted by atomic mass is 16.5. The molecule has 0 spiro atoms. The van der Waals surface area contributed by atoms with E-state index in [0.717, 1.165) is 5.69 Å². The number of carbonyl (C=O) groups excluding carboxylic acids is 1. The molecule has 8 nitrogen and oxygen atoms in total. The normalized spacial score (nSPS) is 12.1. The van der Waals surface area contributed by atoms with Gasteiger partial charge in [-0.15, -0.1) is 5.10 Å². The van der Waals surface area contributed by atoms with Crippen LogP contribution in [0.4, 0.5) is 0 Å². The Labute approximate surface area is 109 Å². The fraction of sp³-hybridized carbons (Fsp3) is 0.364. The molecule has 0 aliphatic carbocycles. The molecule has 1 amide bonds. The van der Waals surface area contributed by atoms with E-state index >= 15 is 0 Å². The number of methoxy groups -OCH3 is 1. The average Bonchev–Trinajstić information content (AvgIpc) is 2.92. The zero-order chi connectivity index (χ0) is 13.5. The third kappa shape index (κ3) is 3.81. The van der Waals surface area contributed by atoms with E-state index < -0.39 is 0 Å². The summed E-state index contributed by atoms with van der Waals surface area (Å²) >= 11 is 0. The number of amides is 1. The molecule has 2 rings (SSSR count). The van der Waals surface area contributed by atoms with E-state index in [4.69, 9.17) is 4.74 Å². The Morgan fingerprint density at radius 2 is 2.42 bits per heavy atom. The second kappa shape index (κ2) is 6.55. The molecule has 0 aliphatic rings. The summed E-state index contributed by atoms with van der Waals surface area (Å²) in [7, 11) is 1.57. The van der Waals surface area contributed by atoms with Crippen molar-refractivity contribution in [1.29, 1.82) is 0 Å². The van der Waals surface area contributed by atoms with Crippen LogP contribution in [0.2, 0.25) is 0 Å². The molecule has 2 aromatic rings. The Hall–Kier alpha value is -2.35. The molecule has 0 saturated carbocycles. The van der Waals surface area contributed by atoms with Gasteiger partial charge in [-0.25, -0.2) is 4.68 Å². The summed E-state index contributed by atoms with van der Waals surface area (Å²) < 4.78 is 6.44. The number of nitrogens with zero attached hydrogens (tertiary/aromatic N) is 5. The molecule has 1 N–H and O–H groups in total. The van der Waals surface area contributed by atoms with Crippen molar-refractivity contribution in [3.63, 3.8) is 0 Å². The quantitative estimate of drug-likeness (QED) is 0.759. The van der Waals surface area contributed by atoms with Crippen LogP contribution in [-0.2, 0) is 16.1 Å². The lowest BCUT2D eigenvalue weighted by atomic mass is 10.2. The molecule has 1 atom stereocenters. The number of ether oxygens (including phenoxy) is 1. The van der Waals surface area contributed by atoms with Crippen molar-refractivity contribution in [3.8, 4) is 0 Å². The Morgan fingerprint density at radius 1 is 1.53 bits per heavy atom. The van der Waals surface area contributed by atoms with Crippen molar-refractivity contribution in [2.45, 2.75) is 12.6 Å². The van der Waals surface area contributed by atoms with Crippen LogP contribution in [0, 0.1) is 0 Å². The number of hydrogen-bond acceptors (Lipinski definition) is 6. The topological polar surface area (TPSA) is 94.8 Å².